The molecule has 0 aliphatic heterocycles. The van der Waals surface area contributed by atoms with Gasteiger partial charge in [0.1, 0.15) is 0 Å². The van der Waals surface area contributed by atoms with Crippen LogP contribution in [0.1, 0.15) is 264 Å². The average Bonchev–Trinajstić information content (AvgIpc) is 3.24. The third-order valence-corrected chi connectivity index (χ3v) is 11.7. The van der Waals surface area contributed by atoms with E-state index in [4.69, 9.17) is 4.74 Å². The Morgan fingerprint density at radius 2 is 0.847 bits per heavy atom. The van der Waals surface area contributed by atoms with E-state index in [0.717, 1.165) is 83.5 Å². The molecule has 0 spiro atoms. The predicted molar refractivity (Wildman–Crippen MR) is 255 cm³/mol. The summed E-state index contributed by atoms with van der Waals surface area (Å²) in [4.78, 5) is 24.4. The normalized spacial score (nSPS) is 12.9. The van der Waals surface area contributed by atoms with E-state index in [1.165, 1.54) is 154 Å². The second-order valence-electron chi connectivity index (χ2n) is 17.5. The number of ether oxygens (including phenoxy) is 1. The smallest absolute Gasteiger partial charge is 0.305 e. The van der Waals surface area contributed by atoms with Crippen LogP contribution in [0, 0.1) is 0 Å². The lowest BCUT2D eigenvalue weighted by Crippen LogP contribution is -2.45. The molecule has 59 heavy (non-hydrogen) atoms. The van der Waals surface area contributed by atoms with Gasteiger partial charge in [-0.1, -0.05) is 217 Å². The Bertz CT molecular complexity index is 962. The molecule has 1 amide bonds. The van der Waals surface area contributed by atoms with Gasteiger partial charge in [0.15, 0.2) is 0 Å². The molecular weight excluding hydrogens is 731 g/mol. The summed E-state index contributed by atoms with van der Waals surface area (Å²) in [5.41, 5.74) is 0. The Morgan fingerprint density at radius 3 is 1.29 bits per heavy atom. The van der Waals surface area contributed by atoms with E-state index < -0.39 is 12.1 Å². The highest BCUT2D eigenvalue weighted by atomic mass is 16.5. The number of hydrogen-bond donors (Lipinski definition) is 3. The molecular formula is C53H99NO5. The third-order valence-electron chi connectivity index (χ3n) is 11.7. The minimum atomic E-state index is -0.852. The maximum atomic E-state index is 12.4. The summed E-state index contributed by atoms with van der Waals surface area (Å²) in [6.45, 7) is 4.83. The number of carbonyl (C=O) groups excluding carboxylic acids is 2. The number of nitrogens with one attached hydrogen (secondary N) is 1. The van der Waals surface area contributed by atoms with E-state index in [-0.39, 0.29) is 18.5 Å². The van der Waals surface area contributed by atoms with Crippen molar-refractivity contribution in [1.82, 2.24) is 5.32 Å². The Hall–Kier alpha value is -1.92. The molecule has 2 atom stereocenters. The summed E-state index contributed by atoms with van der Waals surface area (Å²) < 4.78 is 5.45. The third kappa shape index (κ3) is 45.4. The first-order chi connectivity index (χ1) is 29.0. The Labute approximate surface area is 366 Å². The molecule has 6 nitrogen and oxygen atoms in total. The van der Waals surface area contributed by atoms with Crippen LogP contribution >= 0.6 is 0 Å². The van der Waals surface area contributed by atoms with E-state index in [2.05, 4.69) is 43.5 Å². The number of amides is 1. The number of aliphatic hydroxyl groups excluding tert-OH is 2. The van der Waals surface area contributed by atoms with E-state index >= 15 is 0 Å². The van der Waals surface area contributed by atoms with Crippen molar-refractivity contribution in [1.29, 1.82) is 0 Å². The van der Waals surface area contributed by atoms with Crippen molar-refractivity contribution in [2.45, 2.75) is 276 Å². The van der Waals surface area contributed by atoms with Crippen LogP contribution < -0.4 is 5.32 Å². The second kappa shape index (κ2) is 48.7. The zero-order valence-corrected chi connectivity index (χ0v) is 39.2. The fourth-order valence-electron chi connectivity index (χ4n) is 7.66. The van der Waals surface area contributed by atoms with Crippen molar-refractivity contribution in [3.05, 3.63) is 36.5 Å². The summed E-state index contributed by atoms with van der Waals surface area (Å²) in [6, 6.07) is -0.637. The van der Waals surface area contributed by atoms with Crippen LogP contribution in [-0.2, 0) is 14.3 Å². The molecule has 0 radical (unpaired) electrons. The van der Waals surface area contributed by atoms with Gasteiger partial charge in [0.25, 0.3) is 0 Å². The van der Waals surface area contributed by atoms with Gasteiger partial charge in [-0.3, -0.25) is 9.59 Å². The quantitative estimate of drug-likeness (QED) is 0.0323. The fraction of sp³-hybridized carbons (Fsp3) is 0.849. The number of esters is 1. The maximum absolute atomic E-state index is 12.4. The van der Waals surface area contributed by atoms with Gasteiger partial charge in [0.2, 0.25) is 5.91 Å². The van der Waals surface area contributed by atoms with Gasteiger partial charge in [-0.25, -0.2) is 0 Å². The second-order valence-corrected chi connectivity index (χ2v) is 17.5. The van der Waals surface area contributed by atoms with Gasteiger partial charge < -0.3 is 20.3 Å². The van der Waals surface area contributed by atoms with Gasteiger partial charge in [0.05, 0.1) is 25.4 Å². The van der Waals surface area contributed by atoms with Gasteiger partial charge in [-0.05, 0) is 70.6 Å². The number of hydrogen-bond acceptors (Lipinski definition) is 5. The average molecular weight is 830 g/mol. The molecule has 0 heterocycles. The molecule has 346 valence electrons. The zero-order valence-electron chi connectivity index (χ0n) is 39.2. The van der Waals surface area contributed by atoms with Crippen molar-refractivity contribution in [2.24, 2.45) is 0 Å². The molecule has 0 rings (SSSR count). The van der Waals surface area contributed by atoms with E-state index in [1.807, 2.05) is 6.08 Å². The number of allylic oxidation sites excluding steroid dienone is 5. The lowest BCUT2D eigenvalue weighted by molar-refractivity contribution is -0.143. The molecule has 0 saturated carbocycles. The van der Waals surface area contributed by atoms with Crippen molar-refractivity contribution in [2.75, 3.05) is 13.2 Å². The lowest BCUT2D eigenvalue weighted by atomic mass is 10.0. The maximum Gasteiger partial charge on any atom is 0.305 e. The monoisotopic (exact) mass is 830 g/mol. The first-order valence-electron chi connectivity index (χ1n) is 25.8. The Balaban J connectivity index is 3.49. The highest BCUT2D eigenvalue weighted by Crippen LogP contribution is 2.15. The molecule has 3 N–H and O–H groups in total. The summed E-state index contributed by atoms with van der Waals surface area (Å²) in [5.74, 6) is -0.102. The molecule has 2 unspecified atom stereocenters. The van der Waals surface area contributed by atoms with Gasteiger partial charge in [-0.15, -0.1) is 0 Å². The number of aliphatic hydroxyl groups is 2. The highest BCUT2D eigenvalue weighted by molar-refractivity contribution is 5.76. The van der Waals surface area contributed by atoms with E-state index in [0.29, 0.717) is 19.4 Å². The molecule has 6 heteroatoms. The van der Waals surface area contributed by atoms with Crippen LogP contribution in [0.15, 0.2) is 36.5 Å². The summed E-state index contributed by atoms with van der Waals surface area (Å²) in [7, 11) is 0. The zero-order chi connectivity index (χ0) is 43.0. The molecule has 0 bridgehead atoms. The van der Waals surface area contributed by atoms with Crippen molar-refractivity contribution >= 4 is 11.9 Å². The van der Waals surface area contributed by atoms with Crippen LogP contribution in [0.4, 0.5) is 0 Å². The van der Waals surface area contributed by atoms with Crippen molar-refractivity contribution in [3.63, 3.8) is 0 Å². The largest absolute Gasteiger partial charge is 0.466 e. The molecule has 0 aliphatic rings. The molecule has 0 saturated heterocycles. The first kappa shape index (κ1) is 57.1. The lowest BCUT2D eigenvalue weighted by Gasteiger charge is -2.20. The standard InChI is InChI=1S/C53H99NO5/c1-3-5-7-9-11-13-14-15-16-21-24-27-31-35-39-43-47-53(58)59-48-44-40-36-32-28-25-22-19-17-18-20-23-26-30-34-38-42-46-52(57)54-50(49-55)51(56)45-41-37-33-29-12-10-8-6-4-2/h17,19,25,28,41,45,50-51,55-56H,3-16,18,20-24,26-27,29-40,42-44,46-49H2,1-2H3,(H,54,57)/b19-17-,28-25-,45-41+. The fourth-order valence-corrected chi connectivity index (χ4v) is 7.66. The molecule has 0 aromatic heterocycles. The van der Waals surface area contributed by atoms with E-state index in [1.54, 1.807) is 6.08 Å². The number of rotatable bonds is 47. The minimum Gasteiger partial charge on any atom is -0.466 e. The van der Waals surface area contributed by atoms with Crippen LogP contribution in [0.5, 0.6) is 0 Å². The number of carbonyl (C=O) groups is 2. The number of unbranched alkanes of at least 4 members (excludes halogenated alkanes) is 32. The van der Waals surface area contributed by atoms with Crippen LogP contribution in [0.25, 0.3) is 0 Å². The van der Waals surface area contributed by atoms with Crippen LogP contribution in [-0.4, -0.2) is 47.4 Å². The summed E-state index contributed by atoms with van der Waals surface area (Å²) in [6.07, 6.45) is 58.7. The predicted octanol–water partition coefficient (Wildman–Crippen LogP) is 15.3. The van der Waals surface area contributed by atoms with Crippen molar-refractivity contribution < 1.29 is 24.5 Å². The highest BCUT2D eigenvalue weighted by Gasteiger charge is 2.18. The molecule has 0 aromatic rings. The van der Waals surface area contributed by atoms with E-state index in [9.17, 15) is 19.8 Å². The summed E-state index contributed by atoms with van der Waals surface area (Å²) >= 11 is 0. The van der Waals surface area contributed by atoms with Crippen LogP contribution in [0.3, 0.4) is 0 Å². The Kier molecular flexibility index (Phi) is 47.2. The minimum absolute atomic E-state index is 0.0139. The van der Waals surface area contributed by atoms with Crippen LogP contribution in [0.2, 0.25) is 0 Å². The molecule has 0 fully saturated rings. The Morgan fingerprint density at radius 1 is 0.475 bits per heavy atom. The topological polar surface area (TPSA) is 95.9 Å². The SMILES string of the molecule is CCCCCCCCC/C=C/C(O)C(CO)NC(=O)CCCCCCCCC/C=C\C/C=C\CCCCCOC(=O)CCCCCCCCCCCCCCCCCC. The first-order valence-corrected chi connectivity index (χ1v) is 25.8. The van der Waals surface area contributed by atoms with Gasteiger partial charge in [0, 0.05) is 12.8 Å². The van der Waals surface area contributed by atoms with Gasteiger partial charge in [-0.2, -0.15) is 0 Å². The van der Waals surface area contributed by atoms with Gasteiger partial charge >= 0.3 is 5.97 Å². The molecule has 0 aromatic carbocycles. The molecule has 0 aliphatic carbocycles. The van der Waals surface area contributed by atoms with Crippen molar-refractivity contribution in [3.8, 4) is 0 Å². The summed E-state index contributed by atoms with van der Waals surface area (Å²) in [5, 5.41) is 22.9.